The molecule has 0 aliphatic heterocycles. The van der Waals surface area contributed by atoms with Gasteiger partial charge in [0.25, 0.3) is 5.91 Å². The van der Waals surface area contributed by atoms with Crippen LogP contribution in [0, 0.1) is 18.7 Å². The Morgan fingerprint density at radius 3 is 2.52 bits per heavy atom. The molecule has 0 unspecified atom stereocenters. The summed E-state index contributed by atoms with van der Waals surface area (Å²) >= 11 is 1.20. The molecule has 0 spiro atoms. The summed E-state index contributed by atoms with van der Waals surface area (Å²) in [5.41, 5.74) is 1.86. The normalized spacial score (nSPS) is 12.4. The van der Waals surface area contributed by atoms with Crippen molar-refractivity contribution >= 4 is 28.3 Å². The van der Waals surface area contributed by atoms with E-state index >= 15 is 0 Å². The first-order valence-electron chi connectivity index (χ1n) is 11.2. The zero-order valence-corrected chi connectivity index (χ0v) is 20.8. The molecule has 1 aromatic carbocycles. The molecule has 2 N–H and O–H groups in total. The molecule has 1 fully saturated rings. The maximum Gasteiger partial charge on any atom is 0.253 e. The van der Waals surface area contributed by atoms with Crippen LogP contribution in [0.5, 0.6) is 0 Å². The second-order valence-corrected chi connectivity index (χ2v) is 8.67. The summed E-state index contributed by atoms with van der Waals surface area (Å²) in [4.78, 5) is 28.1. The van der Waals surface area contributed by atoms with Gasteiger partial charge in [-0.15, -0.1) is 11.3 Å². The van der Waals surface area contributed by atoms with Crippen LogP contribution < -0.4 is 10.6 Å². The molecular formula is C25H33FN4O2S. The van der Waals surface area contributed by atoms with Crippen LogP contribution in [-0.2, 0) is 11.8 Å². The number of carbonyl (C=O) groups is 2. The van der Waals surface area contributed by atoms with Crippen molar-refractivity contribution in [1.82, 2.24) is 14.9 Å². The topological polar surface area (TPSA) is 76.0 Å². The van der Waals surface area contributed by atoms with Crippen LogP contribution >= 0.6 is 11.3 Å². The number of aromatic nitrogens is 2. The van der Waals surface area contributed by atoms with Crippen LogP contribution in [0.15, 0.2) is 42.0 Å². The fourth-order valence-electron chi connectivity index (χ4n) is 2.98. The van der Waals surface area contributed by atoms with Gasteiger partial charge in [0.1, 0.15) is 5.82 Å². The molecule has 2 heterocycles. The Balaban J connectivity index is 0.000000477. The van der Waals surface area contributed by atoms with Crippen LogP contribution in [0.1, 0.15) is 56.0 Å². The van der Waals surface area contributed by atoms with E-state index in [1.165, 1.54) is 30.6 Å². The van der Waals surface area contributed by atoms with Gasteiger partial charge in [-0.3, -0.25) is 9.59 Å². The number of rotatable bonds is 5. The van der Waals surface area contributed by atoms with Crippen molar-refractivity contribution in [2.45, 2.75) is 47.0 Å². The van der Waals surface area contributed by atoms with E-state index in [2.05, 4.69) is 22.5 Å². The minimum Gasteiger partial charge on any atom is -0.356 e. The molecule has 1 aliphatic rings. The summed E-state index contributed by atoms with van der Waals surface area (Å²) in [6, 6.07) is 6.74. The van der Waals surface area contributed by atoms with E-state index in [9.17, 15) is 14.0 Å². The highest BCUT2D eigenvalue weighted by Crippen LogP contribution is 2.28. The molecule has 6 nitrogen and oxygen atoms in total. The Morgan fingerprint density at radius 2 is 1.94 bits per heavy atom. The molecule has 8 heteroatoms. The van der Waals surface area contributed by atoms with Gasteiger partial charge in [0.2, 0.25) is 5.91 Å². The summed E-state index contributed by atoms with van der Waals surface area (Å²) in [7, 11) is 1.81. The highest BCUT2D eigenvalue weighted by molar-refractivity contribution is 7.14. The number of thiazole rings is 1. The van der Waals surface area contributed by atoms with Gasteiger partial charge in [-0.25, -0.2) is 9.37 Å². The standard InChI is InChI=1S/C18H17FN4O2S.C5H10.C2H6/c1-11-4-3-5-13(16(11)19)14-10-26-18(21-14)22-15(24)8-20-17(25)12-6-7-23(2)9-12;1-5-3-2-4-5;1-2/h3-7,9-10H,8H2,1-2H3,(H,20,25)(H,21,22,24);5H,2-4H2,1H3;1-2H3. The summed E-state index contributed by atoms with van der Waals surface area (Å²) in [5.74, 6) is 0.00288. The van der Waals surface area contributed by atoms with E-state index in [1.807, 2.05) is 13.8 Å². The molecule has 178 valence electrons. The van der Waals surface area contributed by atoms with Crippen LogP contribution in [0.25, 0.3) is 11.3 Å². The zero-order valence-electron chi connectivity index (χ0n) is 19.9. The number of anilines is 1. The van der Waals surface area contributed by atoms with Crippen molar-refractivity contribution in [3.8, 4) is 11.3 Å². The molecule has 0 bridgehead atoms. The van der Waals surface area contributed by atoms with E-state index in [-0.39, 0.29) is 18.3 Å². The Kier molecular flexibility index (Phi) is 10.3. The molecule has 0 saturated heterocycles. The number of nitrogens with zero attached hydrogens (tertiary/aromatic N) is 2. The number of amides is 2. The van der Waals surface area contributed by atoms with E-state index in [0.29, 0.717) is 27.5 Å². The van der Waals surface area contributed by atoms with Gasteiger partial charge in [0.05, 0.1) is 17.8 Å². The molecule has 33 heavy (non-hydrogen) atoms. The van der Waals surface area contributed by atoms with Gasteiger partial charge in [0, 0.05) is 30.4 Å². The maximum atomic E-state index is 14.2. The van der Waals surface area contributed by atoms with Gasteiger partial charge in [-0.1, -0.05) is 52.2 Å². The first-order chi connectivity index (χ1) is 15.8. The predicted molar refractivity (Wildman–Crippen MR) is 133 cm³/mol. The van der Waals surface area contributed by atoms with Crippen molar-refractivity contribution < 1.29 is 14.0 Å². The average Bonchev–Trinajstić information content (AvgIpc) is 3.43. The molecule has 3 aromatic rings. The minimum atomic E-state index is -0.403. The van der Waals surface area contributed by atoms with Gasteiger partial charge in [-0.05, 0) is 30.5 Å². The number of hydrogen-bond donors (Lipinski definition) is 2. The first-order valence-corrected chi connectivity index (χ1v) is 12.1. The van der Waals surface area contributed by atoms with Crippen LogP contribution in [0.2, 0.25) is 0 Å². The van der Waals surface area contributed by atoms with Crippen molar-refractivity contribution in [2.75, 3.05) is 11.9 Å². The molecule has 0 atom stereocenters. The number of hydrogen-bond acceptors (Lipinski definition) is 4. The second kappa shape index (κ2) is 12.9. The van der Waals surface area contributed by atoms with Crippen molar-refractivity contribution in [2.24, 2.45) is 13.0 Å². The fourth-order valence-corrected chi connectivity index (χ4v) is 3.70. The summed E-state index contributed by atoms with van der Waals surface area (Å²) < 4.78 is 15.9. The number of carbonyl (C=O) groups excluding carboxylic acids is 2. The third kappa shape index (κ3) is 7.82. The molecule has 2 aromatic heterocycles. The first kappa shape index (κ1) is 26.3. The predicted octanol–water partition coefficient (Wildman–Crippen LogP) is 5.80. The van der Waals surface area contributed by atoms with E-state index in [4.69, 9.17) is 0 Å². The lowest BCUT2D eigenvalue weighted by molar-refractivity contribution is -0.115. The summed E-state index contributed by atoms with van der Waals surface area (Å²) in [5, 5.41) is 7.17. The summed E-state index contributed by atoms with van der Waals surface area (Å²) in [6.07, 6.45) is 7.87. The Labute approximate surface area is 199 Å². The molecule has 0 radical (unpaired) electrons. The number of halogens is 1. The molecular weight excluding hydrogens is 439 g/mol. The van der Waals surface area contributed by atoms with Crippen molar-refractivity contribution in [1.29, 1.82) is 0 Å². The fraction of sp³-hybridized carbons (Fsp3) is 0.400. The van der Waals surface area contributed by atoms with E-state index in [1.54, 1.807) is 60.6 Å². The number of nitrogens with one attached hydrogen (secondary N) is 2. The van der Waals surface area contributed by atoms with Crippen LogP contribution in [-0.4, -0.2) is 27.9 Å². The van der Waals surface area contributed by atoms with Gasteiger partial charge < -0.3 is 15.2 Å². The summed E-state index contributed by atoms with van der Waals surface area (Å²) in [6.45, 7) is 7.81. The SMILES string of the molecule is CC.CC1CCC1.Cc1cccc(-c2csc(NC(=O)CNC(=O)c3ccn(C)c3)n2)c1F. The quantitative estimate of drug-likeness (QED) is 0.493. The smallest absolute Gasteiger partial charge is 0.253 e. The van der Waals surface area contributed by atoms with Crippen LogP contribution in [0.3, 0.4) is 0 Å². The maximum absolute atomic E-state index is 14.2. The third-order valence-corrected chi connectivity index (χ3v) is 5.87. The largest absolute Gasteiger partial charge is 0.356 e. The average molecular weight is 473 g/mol. The van der Waals surface area contributed by atoms with Crippen molar-refractivity contribution in [3.05, 3.63) is 59.0 Å². The lowest BCUT2D eigenvalue weighted by Gasteiger charge is -2.18. The number of aryl methyl sites for hydroxylation is 2. The number of benzene rings is 1. The van der Waals surface area contributed by atoms with Crippen molar-refractivity contribution in [3.63, 3.8) is 0 Å². The van der Waals surface area contributed by atoms with E-state index < -0.39 is 5.91 Å². The highest BCUT2D eigenvalue weighted by Gasteiger charge is 2.14. The Hall–Kier alpha value is -3.00. The van der Waals surface area contributed by atoms with Crippen LogP contribution in [0.4, 0.5) is 9.52 Å². The molecule has 4 rings (SSSR count). The molecule has 1 aliphatic carbocycles. The third-order valence-electron chi connectivity index (χ3n) is 5.12. The van der Waals surface area contributed by atoms with E-state index in [0.717, 1.165) is 5.92 Å². The second-order valence-electron chi connectivity index (χ2n) is 7.81. The lowest BCUT2D eigenvalue weighted by Crippen LogP contribution is -2.32. The van der Waals surface area contributed by atoms with Gasteiger partial charge >= 0.3 is 0 Å². The van der Waals surface area contributed by atoms with Gasteiger partial charge in [-0.2, -0.15) is 0 Å². The van der Waals surface area contributed by atoms with Gasteiger partial charge in [0.15, 0.2) is 5.13 Å². The highest BCUT2D eigenvalue weighted by atomic mass is 32.1. The molecule has 2 amide bonds. The lowest BCUT2D eigenvalue weighted by atomic mass is 9.88. The minimum absolute atomic E-state index is 0.179. The zero-order chi connectivity index (χ0) is 24.4. The Bertz CT molecular complexity index is 1060. The monoisotopic (exact) mass is 472 g/mol. The molecule has 1 saturated carbocycles. The Morgan fingerprint density at radius 1 is 1.24 bits per heavy atom.